The third-order valence-corrected chi connectivity index (χ3v) is 3.66. The van der Waals surface area contributed by atoms with E-state index < -0.39 is 0 Å². The van der Waals surface area contributed by atoms with Crippen LogP contribution >= 0.6 is 0 Å². The number of nitrogens with one attached hydrogen (secondary N) is 1. The van der Waals surface area contributed by atoms with Crippen molar-refractivity contribution in [3.05, 3.63) is 54.1 Å². The molecule has 0 amide bonds. The first-order valence-corrected chi connectivity index (χ1v) is 8.87. The summed E-state index contributed by atoms with van der Waals surface area (Å²) in [5, 5.41) is 3.48. The Morgan fingerprint density at radius 3 is 2.38 bits per heavy atom. The van der Waals surface area contributed by atoms with Crippen LogP contribution in [0.1, 0.15) is 39.2 Å². The van der Waals surface area contributed by atoms with Gasteiger partial charge in [-0.25, -0.2) is 0 Å². The van der Waals surface area contributed by atoms with Crippen LogP contribution in [0.15, 0.2) is 48.5 Å². The molecule has 0 aliphatic carbocycles. The van der Waals surface area contributed by atoms with Gasteiger partial charge in [0.25, 0.3) is 0 Å². The minimum atomic E-state index is 0.505. The molecule has 0 atom stereocenters. The van der Waals surface area contributed by atoms with E-state index in [-0.39, 0.29) is 0 Å². The second-order valence-corrected chi connectivity index (χ2v) is 6.36. The van der Waals surface area contributed by atoms with Gasteiger partial charge in [-0.2, -0.15) is 0 Å². The Labute approximate surface area is 146 Å². The van der Waals surface area contributed by atoms with Gasteiger partial charge in [-0.05, 0) is 30.5 Å². The molecular formula is C21H29NO2. The van der Waals surface area contributed by atoms with Crippen molar-refractivity contribution in [1.82, 2.24) is 0 Å². The van der Waals surface area contributed by atoms with Gasteiger partial charge in [0.2, 0.25) is 0 Å². The molecule has 2 rings (SSSR count). The number of para-hydroxylation sites is 3. The summed E-state index contributed by atoms with van der Waals surface area (Å²) in [6, 6.07) is 16.3. The Hall–Kier alpha value is -2.16. The molecule has 0 spiro atoms. The molecule has 2 aromatic rings. The summed E-state index contributed by atoms with van der Waals surface area (Å²) < 4.78 is 11.8. The summed E-state index contributed by atoms with van der Waals surface area (Å²) in [7, 11) is 0. The van der Waals surface area contributed by atoms with E-state index in [9.17, 15) is 0 Å². The summed E-state index contributed by atoms with van der Waals surface area (Å²) in [5.74, 6) is 2.36. The lowest BCUT2D eigenvalue weighted by Crippen LogP contribution is -2.08. The molecule has 0 saturated heterocycles. The van der Waals surface area contributed by atoms with Gasteiger partial charge < -0.3 is 14.8 Å². The van der Waals surface area contributed by atoms with Gasteiger partial charge in [0.15, 0.2) is 0 Å². The smallest absolute Gasteiger partial charge is 0.142 e. The van der Waals surface area contributed by atoms with E-state index in [1.165, 1.54) is 0 Å². The molecule has 1 N–H and O–H groups in total. The minimum Gasteiger partial charge on any atom is -0.493 e. The molecule has 0 unspecified atom stereocenters. The predicted octanol–water partition coefficient (Wildman–Crippen LogP) is 5.51. The number of anilines is 1. The van der Waals surface area contributed by atoms with Crippen molar-refractivity contribution in [3.8, 4) is 11.5 Å². The zero-order chi connectivity index (χ0) is 17.2. The fraction of sp³-hybridized carbons (Fsp3) is 0.429. The van der Waals surface area contributed by atoms with Crippen LogP contribution in [-0.4, -0.2) is 13.2 Å². The molecule has 3 nitrogen and oxygen atoms in total. The van der Waals surface area contributed by atoms with Crippen LogP contribution in [0.3, 0.4) is 0 Å². The minimum absolute atomic E-state index is 0.505. The summed E-state index contributed by atoms with van der Waals surface area (Å²) in [6.45, 7) is 8.67. The van der Waals surface area contributed by atoms with E-state index in [2.05, 4.69) is 38.2 Å². The summed E-state index contributed by atoms with van der Waals surface area (Å²) in [4.78, 5) is 0. The lowest BCUT2D eigenvalue weighted by Gasteiger charge is -2.16. The van der Waals surface area contributed by atoms with Gasteiger partial charge in [0.05, 0.1) is 18.9 Å². The highest BCUT2D eigenvalue weighted by Gasteiger charge is 2.07. The van der Waals surface area contributed by atoms with E-state index in [4.69, 9.17) is 9.47 Å². The van der Waals surface area contributed by atoms with Crippen molar-refractivity contribution in [2.45, 2.75) is 40.2 Å². The number of unbranched alkanes of at least 4 members (excludes halogenated alkanes) is 1. The standard InChI is InChI=1S/C21H29NO2/c1-4-5-14-23-20-12-8-6-10-18(20)15-22-19-11-7-9-13-21(19)24-16-17(2)3/h6-13,17,22H,4-5,14-16H2,1-3H3. The Morgan fingerprint density at radius 1 is 0.917 bits per heavy atom. The van der Waals surface area contributed by atoms with Crippen LogP contribution in [0.4, 0.5) is 5.69 Å². The first-order chi connectivity index (χ1) is 11.7. The highest BCUT2D eigenvalue weighted by Crippen LogP contribution is 2.26. The molecule has 0 bridgehead atoms. The Morgan fingerprint density at radius 2 is 1.62 bits per heavy atom. The summed E-state index contributed by atoms with van der Waals surface area (Å²) in [5.41, 5.74) is 2.17. The molecule has 0 fully saturated rings. The second-order valence-electron chi connectivity index (χ2n) is 6.36. The van der Waals surface area contributed by atoms with Gasteiger partial charge in [-0.15, -0.1) is 0 Å². The van der Waals surface area contributed by atoms with Crippen molar-refractivity contribution in [1.29, 1.82) is 0 Å². The maximum absolute atomic E-state index is 5.90. The number of hydrogen-bond acceptors (Lipinski definition) is 3. The largest absolute Gasteiger partial charge is 0.493 e. The van der Waals surface area contributed by atoms with Crippen molar-refractivity contribution in [2.75, 3.05) is 18.5 Å². The average molecular weight is 327 g/mol. The van der Waals surface area contributed by atoms with Crippen LogP contribution in [0.5, 0.6) is 11.5 Å². The molecule has 130 valence electrons. The molecule has 3 heteroatoms. The van der Waals surface area contributed by atoms with Crippen LogP contribution in [0.25, 0.3) is 0 Å². The van der Waals surface area contributed by atoms with Crippen molar-refractivity contribution in [3.63, 3.8) is 0 Å². The molecule has 0 heterocycles. The summed E-state index contributed by atoms with van der Waals surface area (Å²) in [6.07, 6.45) is 2.22. The average Bonchev–Trinajstić information content (AvgIpc) is 2.60. The van der Waals surface area contributed by atoms with Crippen LogP contribution in [0, 0.1) is 5.92 Å². The second kappa shape index (κ2) is 9.86. The highest BCUT2D eigenvalue weighted by atomic mass is 16.5. The normalized spacial score (nSPS) is 10.7. The number of benzene rings is 2. The molecule has 0 aromatic heterocycles. The monoisotopic (exact) mass is 327 g/mol. The lowest BCUT2D eigenvalue weighted by molar-refractivity contribution is 0.272. The first kappa shape index (κ1) is 18.2. The fourth-order valence-electron chi connectivity index (χ4n) is 2.30. The van der Waals surface area contributed by atoms with Crippen molar-refractivity contribution in [2.24, 2.45) is 5.92 Å². The Balaban J connectivity index is 2.00. The number of rotatable bonds is 10. The summed E-state index contributed by atoms with van der Waals surface area (Å²) >= 11 is 0. The third-order valence-electron chi connectivity index (χ3n) is 3.66. The van der Waals surface area contributed by atoms with E-state index in [1.807, 2.05) is 36.4 Å². The predicted molar refractivity (Wildman–Crippen MR) is 101 cm³/mol. The Bertz CT molecular complexity index is 610. The van der Waals surface area contributed by atoms with E-state index in [0.29, 0.717) is 12.5 Å². The maximum atomic E-state index is 5.90. The lowest BCUT2D eigenvalue weighted by atomic mass is 10.2. The fourth-order valence-corrected chi connectivity index (χ4v) is 2.30. The number of hydrogen-bond donors (Lipinski definition) is 1. The zero-order valence-corrected chi connectivity index (χ0v) is 15.0. The van der Waals surface area contributed by atoms with Crippen LogP contribution < -0.4 is 14.8 Å². The van der Waals surface area contributed by atoms with Crippen molar-refractivity contribution >= 4 is 5.69 Å². The molecule has 2 aromatic carbocycles. The SMILES string of the molecule is CCCCOc1ccccc1CNc1ccccc1OCC(C)C. The zero-order valence-electron chi connectivity index (χ0n) is 15.0. The van der Waals surface area contributed by atoms with Gasteiger partial charge in [-0.3, -0.25) is 0 Å². The van der Waals surface area contributed by atoms with Crippen LogP contribution in [-0.2, 0) is 6.54 Å². The quantitative estimate of drug-likeness (QED) is 0.583. The molecule has 0 aliphatic heterocycles. The first-order valence-electron chi connectivity index (χ1n) is 8.87. The van der Waals surface area contributed by atoms with E-state index in [0.717, 1.165) is 48.8 Å². The van der Waals surface area contributed by atoms with Gasteiger partial charge in [0.1, 0.15) is 11.5 Å². The van der Waals surface area contributed by atoms with Gasteiger partial charge in [-0.1, -0.05) is 57.5 Å². The van der Waals surface area contributed by atoms with E-state index >= 15 is 0 Å². The van der Waals surface area contributed by atoms with Crippen molar-refractivity contribution < 1.29 is 9.47 Å². The maximum Gasteiger partial charge on any atom is 0.142 e. The van der Waals surface area contributed by atoms with E-state index in [1.54, 1.807) is 0 Å². The highest BCUT2D eigenvalue weighted by molar-refractivity contribution is 5.56. The molecule has 24 heavy (non-hydrogen) atoms. The Kier molecular flexibility index (Phi) is 7.47. The molecule has 0 radical (unpaired) electrons. The topological polar surface area (TPSA) is 30.5 Å². The van der Waals surface area contributed by atoms with Gasteiger partial charge in [0, 0.05) is 12.1 Å². The molecule has 0 aliphatic rings. The molecule has 0 saturated carbocycles. The number of ether oxygens (including phenoxy) is 2. The molecular weight excluding hydrogens is 298 g/mol. The van der Waals surface area contributed by atoms with Crippen LogP contribution in [0.2, 0.25) is 0 Å². The van der Waals surface area contributed by atoms with Gasteiger partial charge >= 0.3 is 0 Å². The third kappa shape index (κ3) is 5.80.